The molecule has 0 spiro atoms. The number of fused-ring (bicyclic) bond motifs is 1. The molecular formula is C39H45N7O6. The zero-order valence-electron chi connectivity index (χ0n) is 29.0. The van der Waals surface area contributed by atoms with E-state index in [1.54, 1.807) is 12.1 Å². The molecule has 4 atom stereocenters. The number of ether oxygens (including phenoxy) is 1. The largest absolute Gasteiger partial charge is 0.508 e. The number of carbonyl (C=O) groups excluding carboxylic acids is 4. The van der Waals surface area contributed by atoms with E-state index in [1.807, 2.05) is 66.7 Å². The molecule has 0 saturated carbocycles. The second-order valence-corrected chi connectivity index (χ2v) is 12.8. The van der Waals surface area contributed by atoms with Gasteiger partial charge in [0, 0.05) is 39.3 Å². The van der Waals surface area contributed by atoms with Crippen LogP contribution in [0.25, 0.3) is 10.8 Å². The summed E-state index contributed by atoms with van der Waals surface area (Å²) in [4.78, 5) is 59.5. The third-order valence-corrected chi connectivity index (χ3v) is 8.82. The topological polar surface area (TPSA) is 201 Å². The zero-order chi connectivity index (χ0) is 37.0. The maximum atomic E-state index is 14.5. The molecule has 0 radical (unpaired) electrons. The van der Waals surface area contributed by atoms with Crippen molar-refractivity contribution >= 4 is 40.4 Å². The van der Waals surface area contributed by atoms with E-state index in [2.05, 4.69) is 27.0 Å². The van der Waals surface area contributed by atoms with E-state index in [4.69, 9.17) is 16.2 Å². The van der Waals surface area contributed by atoms with Crippen LogP contribution in [0.2, 0.25) is 0 Å². The van der Waals surface area contributed by atoms with Crippen molar-refractivity contribution in [2.24, 2.45) is 16.5 Å². The molecule has 0 bridgehead atoms. The van der Waals surface area contributed by atoms with E-state index in [1.165, 1.54) is 24.0 Å². The minimum atomic E-state index is -1.08. The Morgan fingerprint density at radius 3 is 2.21 bits per heavy atom. The van der Waals surface area contributed by atoms with Crippen molar-refractivity contribution in [2.75, 3.05) is 19.6 Å². The van der Waals surface area contributed by atoms with Gasteiger partial charge in [0.1, 0.15) is 23.9 Å². The number of amides is 4. The number of benzene rings is 4. The van der Waals surface area contributed by atoms with Crippen LogP contribution in [-0.2, 0) is 43.4 Å². The first-order valence-electron chi connectivity index (χ1n) is 17.2. The van der Waals surface area contributed by atoms with Crippen LogP contribution < -0.4 is 27.4 Å². The predicted molar refractivity (Wildman–Crippen MR) is 198 cm³/mol. The molecule has 4 aromatic rings. The van der Waals surface area contributed by atoms with Gasteiger partial charge in [-0.3, -0.25) is 24.2 Å². The van der Waals surface area contributed by atoms with Gasteiger partial charge >= 0.3 is 0 Å². The maximum Gasteiger partial charge on any atom is 0.246 e. The highest BCUT2D eigenvalue weighted by molar-refractivity contribution is 5.95. The van der Waals surface area contributed by atoms with Gasteiger partial charge in [0.05, 0.1) is 19.3 Å². The fourth-order valence-corrected chi connectivity index (χ4v) is 6.28. The molecule has 1 saturated heterocycles. The van der Waals surface area contributed by atoms with E-state index in [-0.39, 0.29) is 57.2 Å². The molecule has 5 rings (SSSR count). The fourth-order valence-electron chi connectivity index (χ4n) is 6.28. The summed E-state index contributed by atoms with van der Waals surface area (Å²) in [6.07, 6.45) is 0.00994. The molecule has 8 N–H and O–H groups in total. The van der Waals surface area contributed by atoms with E-state index in [0.29, 0.717) is 5.56 Å². The Balaban J connectivity index is 1.37. The van der Waals surface area contributed by atoms with E-state index >= 15 is 0 Å². The van der Waals surface area contributed by atoms with Crippen LogP contribution in [0.4, 0.5) is 0 Å². The average molecular weight is 708 g/mol. The fraction of sp³-hybridized carbons (Fsp3) is 0.308. The van der Waals surface area contributed by atoms with Gasteiger partial charge in [-0.2, -0.15) is 0 Å². The molecule has 0 unspecified atom stereocenters. The predicted octanol–water partition coefficient (Wildman–Crippen LogP) is 1.90. The first-order chi connectivity index (χ1) is 25.0. The first kappa shape index (κ1) is 37.3. The van der Waals surface area contributed by atoms with E-state index in [9.17, 15) is 24.3 Å². The van der Waals surface area contributed by atoms with Gasteiger partial charge in [0.25, 0.3) is 0 Å². The number of aliphatic imine (C=N–C) groups is 1. The quantitative estimate of drug-likeness (QED) is 0.0611. The van der Waals surface area contributed by atoms with Crippen LogP contribution in [0, 0.1) is 0 Å². The monoisotopic (exact) mass is 707 g/mol. The lowest BCUT2D eigenvalue weighted by Gasteiger charge is -2.30. The van der Waals surface area contributed by atoms with Crippen LogP contribution >= 0.6 is 0 Å². The number of nitrogens with zero attached hydrogens (tertiary/aromatic N) is 2. The number of aromatic hydroxyl groups is 1. The van der Waals surface area contributed by atoms with E-state index < -0.39 is 47.9 Å². The molecule has 272 valence electrons. The van der Waals surface area contributed by atoms with Crippen molar-refractivity contribution in [2.45, 2.75) is 57.0 Å². The molecule has 13 heteroatoms. The Morgan fingerprint density at radius 1 is 0.846 bits per heavy atom. The Bertz CT molecular complexity index is 1880. The van der Waals surface area contributed by atoms with Crippen molar-refractivity contribution in [3.8, 4) is 5.75 Å². The van der Waals surface area contributed by atoms with Gasteiger partial charge in [-0.25, -0.2) is 0 Å². The summed E-state index contributed by atoms with van der Waals surface area (Å²) < 4.78 is 6.31. The number of carbonyl (C=O) groups is 4. The summed E-state index contributed by atoms with van der Waals surface area (Å²) in [5.41, 5.74) is 13.3. The molecule has 1 heterocycles. The molecule has 1 aliphatic rings. The molecule has 1 aliphatic heterocycles. The van der Waals surface area contributed by atoms with Gasteiger partial charge in [0.2, 0.25) is 23.6 Å². The van der Waals surface area contributed by atoms with Crippen molar-refractivity contribution in [3.63, 3.8) is 0 Å². The van der Waals surface area contributed by atoms with Gasteiger partial charge in [0.15, 0.2) is 5.96 Å². The zero-order valence-corrected chi connectivity index (χ0v) is 29.0. The number of rotatable bonds is 15. The van der Waals surface area contributed by atoms with Crippen LogP contribution in [0.3, 0.4) is 0 Å². The lowest BCUT2D eigenvalue weighted by Crippen LogP contribution is -2.57. The van der Waals surface area contributed by atoms with Crippen molar-refractivity contribution in [3.05, 3.63) is 114 Å². The van der Waals surface area contributed by atoms with Gasteiger partial charge in [-0.15, -0.1) is 0 Å². The molecule has 0 aliphatic carbocycles. The van der Waals surface area contributed by atoms with Gasteiger partial charge in [-0.05, 0) is 45.7 Å². The normalized spacial score (nSPS) is 16.4. The number of nitrogens with two attached hydrogens (primary N) is 2. The maximum absolute atomic E-state index is 14.5. The van der Waals surface area contributed by atoms with E-state index in [0.717, 1.165) is 21.9 Å². The minimum absolute atomic E-state index is 0.0674. The standard InChI is InChI=1S/C39H45N7O6/c1-25(47)44-33(20-27-12-15-31(48)16-13-27)36(49)45-34(21-26-7-3-2-4-8-26)38(51)46-23-32(22-35(46)37(50)42-17-18-43-39(40)41)52-24-28-11-14-29-9-5-6-10-30(29)19-28/h2-16,19,32-35,48H,17-18,20-24H2,1H3,(H,42,50)(H,44,47)(H,45,49)(H4,40,41,43)/t32-,33+,34-,35-/m1/s1. The summed E-state index contributed by atoms with van der Waals surface area (Å²) in [6, 6.07) is 26.6. The van der Waals surface area contributed by atoms with Crippen LogP contribution in [0.5, 0.6) is 5.75 Å². The Kier molecular flexibility index (Phi) is 12.8. The summed E-state index contributed by atoms with van der Waals surface area (Å²) in [5, 5.41) is 20.3. The van der Waals surface area contributed by atoms with Crippen LogP contribution in [-0.4, -0.2) is 83.5 Å². The second kappa shape index (κ2) is 17.8. The molecular weight excluding hydrogens is 662 g/mol. The number of hydrogen-bond donors (Lipinski definition) is 6. The lowest BCUT2D eigenvalue weighted by molar-refractivity contribution is -0.142. The third kappa shape index (κ3) is 10.5. The van der Waals surface area contributed by atoms with Gasteiger partial charge in [-0.1, -0.05) is 78.9 Å². The summed E-state index contributed by atoms with van der Waals surface area (Å²) in [7, 11) is 0. The summed E-state index contributed by atoms with van der Waals surface area (Å²) in [6.45, 7) is 2.01. The number of nitrogens with one attached hydrogen (secondary N) is 3. The lowest BCUT2D eigenvalue weighted by atomic mass is 10.0. The van der Waals surface area contributed by atoms with Crippen molar-refractivity contribution < 1.29 is 29.0 Å². The summed E-state index contributed by atoms with van der Waals surface area (Å²) >= 11 is 0. The number of hydrogen-bond acceptors (Lipinski definition) is 7. The number of phenols is 1. The minimum Gasteiger partial charge on any atom is -0.508 e. The molecule has 1 fully saturated rings. The SMILES string of the molecule is CC(=O)N[C@@H](Cc1ccc(O)cc1)C(=O)N[C@H](Cc1ccccc1)C(=O)N1C[C@H](OCc2ccc3ccccc3c2)C[C@@H]1C(=O)NCCN=C(N)N. The molecule has 4 aromatic carbocycles. The number of likely N-dealkylation sites (tertiary alicyclic amines) is 1. The summed E-state index contributed by atoms with van der Waals surface area (Å²) in [5.74, 6) is -1.89. The van der Waals surface area contributed by atoms with Crippen molar-refractivity contribution in [1.29, 1.82) is 0 Å². The average Bonchev–Trinajstić information content (AvgIpc) is 3.57. The van der Waals surface area contributed by atoms with Crippen LogP contribution in [0.1, 0.15) is 30.0 Å². The van der Waals surface area contributed by atoms with Crippen molar-refractivity contribution in [1.82, 2.24) is 20.9 Å². The Labute approximate surface area is 302 Å². The second-order valence-electron chi connectivity index (χ2n) is 12.8. The Morgan fingerprint density at radius 2 is 1.50 bits per heavy atom. The molecule has 4 amide bonds. The third-order valence-electron chi connectivity index (χ3n) is 8.82. The molecule has 0 aromatic heterocycles. The van der Waals surface area contributed by atoms with Crippen LogP contribution in [0.15, 0.2) is 102 Å². The van der Waals surface area contributed by atoms with Gasteiger partial charge < -0.3 is 42.2 Å². The molecule has 52 heavy (non-hydrogen) atoms. The first-order valence-corrected chi connectivity index (χ1v) is 17.2. The smallest absolute Gasteiger partial charge is 0.246 e. The highest BCUT2D eigenvalue weighted by Gasteiger charge is 2.43. The number of phenolic OH excluding ortho intramolecular Hbond substituents is 1. The molecule has 13 nitrogen and oxygen atoms in total. The number of guanidine groups is 1. The highest BCUT2D eigenvalue weighted by Crippen LogP contribution is 2.25. The Hall–Kier alpha value is -5.95. The highest BCUT2D eigenvalue weighted by atomic mass is 16.5.